The van der Waals surface area contributed by atoms with Gasteiger partial charge in [-0.15, -0.1) is 0 Å². The van der Waals surface area contributed by atoms with Crippen LogP contribution in [0, 0.1) is 11.2 Å². The summed E-state index contributed by atoms with van der Waals surface area (Å²) in [5.74, 6) is -1.36. The fourth-order valence-corrected chi connectivity index (χ4v) is 2.60. The molecule has 0 saturated carbocycles. The van der Waals surface area contributed by atoms with Gasteiger partial charge in [0.05, 0.1) is 24.8 Å². The predicted molar refractivity (Wildman–Crippen MR) is 74.6 cm³/mol. The lowest BCUT2D eigenvalue weighted by atomic mass is 9.76. The number of ketones is 1. The average Bonchev–Trinajstić information content (AvgIpc) is 2.45. The predicted octanol–water partition coefficient (Wildman–Crippen LogP) is 2.56. The normalized spacial score (nSPS) is 22.1. The molecule has 0 spiro atoms. The Kier molecular flexibility index (Phi) is 4.96. The van der Waals surface area contributed by atoms with Crippen LogP contribution in [0.5, 0.6) is 0 Å². The van der Waals surface area contributed by atoms with Crippen molar-refractivity contribution in [2.24, 2.45) is 5.41 Å². The number of benzene rings is 1. The largest absolute Gasteiger partial charge is 0.465 e. The summed E-state index contributed by atoms with van der Waals surface area (Å²) >= 11 is 5.75. The molecule has 1 aromatic rings. The molecular weight excluding hydrogens is 299 g/mol. The van der Waals surface area contributed by atoms with Crippen LogP contribution >= 0.6 is 11.6 Å². The summed E-state index contributed by atoms with van der Waals surface area (Å²) in [6.45, 7) is 2.12. The zero-order chi connectivity index (χ0) is 15.5. The highest BCUT2D eigenvalue weighted by Gasteiger charge is 2.49. The first-order valence-corrected chi connectivity index (χ1v) is 7.09. The van der Waals surface area contributed by atoms with Gasteiger partial charge in [0, 0.05) is 6.42 Å². The zero-order valence-electron chi connectivity index (χ0n) is 11.7. The van der Waals surface area contributed by atoms with E-state index in [4.69, 9.17) is 21.1 Å². The molecule has 21 heavy (non-hydrogen) atoms. The van der Waals surface area contributed by atoms with Crippen molar-refractivity contribution >= 4 is 23.4 Å². The summed E-state index contributed by atoms with van der Waals surface area (Å²) in [7, 11) is 0. The molecule has 4 nitrogen and oxygen atoms in total. The molecule has 0 bridgehead atoms. The Labute approximate surface area is 127 Å². The Morgan fingerprint density at radius 3 is 2.90 bits per heavy atom. The average molecular weight is 315 g/mol. The first-order chi connectivity index (χ1) is 9.99. The number of hydrogen-bond acceptors (Lipinski definition) is 4. The number of esters is 1. The fourth-order valence-electron chi connectivity index (χ4n) is 2.39. The molecule has 1 unspecified atom stereocenters. The van der Waals surface area contributed by atoms with E-state index in [1.807, 2.05) is 0 Å². The van der Waals surface area contributed by atoms with Gasteiger partial charge in [0.1, 0.15) is 5.82 Å². The number of hydrogen-bond donors (Lipinski definition) is 0. The first-order valence-electron chi connectivity index (χ1n) is 6.72. The van der Waals surface area contributed by atoms with Crippen molar-refractivity contribution < 1.29 is 23.5 Å². The quantitative estimate of drug-likeness (QED) is 0.633. The van der Waals surface area contributed by atoms with E-state index in [0.717, 1.165) is 0 Å². The van der Waals surface area contributed by atoms with E-state index in [-0.39, 0.29) is 36.9 Å². The molecule has 1 aromatic carbocycles. The fraction of sp³-hybridized carbons (Fsp3) is 0.467. The van der Waals surface area contributed by atoms with E-state index in [9.17, 15) is 14.0 Å². The number of ether oxygens (including phenoxy) is 2. The highest BCUT2D eigenvalue weighted by Crippen LogP contribution is 2.32. The maximum absolute atomic E-state index is 13.2. The minimum atomic E-state index is -1.37. The van der Waals surface area contributed by atoms with E-state index in [0.29, 0.717) is 12.2 Å². The van der Waals surface area contributed by atoms with Crippen molar-refractivity contribution in [3.8, 4) is 0 Å². The summed E-state index contributed by atoms with van der Waals surface area (Å²) in [4.78, 5) is 24.6. The summed E-state index contributed by atoms with van der Waals surface area (Å²) in [6.07, 6.45) is 0.248. The topological polar surface area (TPSA) is 52.6 Å². The molecule has 1 atom stereocenters. The van der Waals surface area contributed by atoms with E-state index < -0.39 is 17.2 Å². The highest BCUT2D eigenvalue weighted by molar-refractivity contribution is 6.30. The summed E-state index contributed by atoms with van der Waals surface area (Å²) in [5.41, 5.74) is -0.775. The third kappa shape index (κ3) is 3.24. The molecule has 1 aliphatic rings. The van der Waals surface area contributed by atoms with Crippen molar-refractivity contribution in [2.45, 2.75) is 19.8 Å². The maximum Gasteiger partial charge on any atom is 0.322 e. The van der Waals surface area contributed by atoms with Gasteiger partial charge in [0.2, 0.25) is 0 Å². The van der Waals surface area contributed by atoms with E-state index in [1.54, 1.807) is 6.92 Å². The lowest BCUT2D eigenvalue weighted by molar-refractivity contribution is -0.169. The minimum Gasteiger partial charge on any atom is -0.465 e. The van der Waals surface area contributed by atoms with Crippen LogP contribution in [0.2, 0.25) is 5.02 Å². The van der Waals surface area contributed by atoms with Crippen molar-refractivity contribution in [1.82, 2.24) is 0 Å². The van der Waals surface area contributed by atoms with Crippen molar-refractivity contribution in [3.63, 3.8) is 0 Å². The van der Waals surface area contributed by atoms with Gasteiger partial charge in [-0.25, -0.2) is 4.39 Å². The van der Waals surface area contributed by atoms with Gasteiger partial charge >= 0.3 is 5.97 Å². The molecule has 1 aliphatic heterocycles. The second-order valence-electron chi connectivity index (χ2n) is 4.95. The SMILES string of the molecule is CCOC(=O)C1(Cc2ccc(F)c(Cl)c2)COCCC1=O. The second-order valence-corrected chi connectivity index (χ2v) is 5.36. The van der Waals surface area contributed by atoms with E-state index >= 15 is 0 Å². The Morgan fingerprint density at radius 1 is 1.52 bits per heavy atom. The molecule has 1 heterocycles. The Bertz CT molecular complexity index is 561. The van der Waals surface area contributed by atoms with Gasteiger partial charge in [0.15, 0.2) is 11.2 Å². The van der Waals surface area contributed by atoms with Gasteiger partial charge in [-0.1, -0.05) is 17.7 Å². The molecule has 1 fully saturated rings. The van der Waals surface area contributed by atoms with Gasteiger partial charge in [0.25, 0.3) is 0 Å². The van der Waals surface area contributed by atoms with Crippen molar-refractivity contribution in [3.05, 3.63) is 34.6 Å². The van der Waals surface area contributed by atoms with Crippen LogP contribution in [-0.4, -0.2) is 31.6 Å². The molecule has 1 saturated heterocycles. The van der Waals surface area contributed by atoms with Crippen LogP contribution in [-0.2, 0) is 25.5 Å². The Morgan fingerprint density at radius 2 is 2.29 bits per heavy atom. The molecule has 0 aliphatic carbocycles. The van der Waals surface area contributed by atoms with Crippen molar-refractivity contribution in [1.29, 1.82) is 0 Å². The van der Waals surface area contributed by atoms with Crippen LogP contribution in [0.25, 0.3) is 0 Å². The Hall–Kier alpha value is -1.46. The van der Waals surface area contributed by atoms with Crippen LogP contribution in [0.15, 0.2) is 18.2 Å². The third-order valence-electron chi connectivity index (χ3n) is 3.51. The molecular formula is C15H16ClFO4. The van der Waals surface area contributed by atoms with Crippen LogP contribution < -0.4 is 0 Å². The summed E-state index contributed by atoms with van der Waals surface area (Å²) < 4.78 is 23.6. The van der Waals surface area contributed by atoms with Crippen LogP contribution in [0.3, 0.4) is 0 Å². The Balaban J connectivity index is 2.33. The van der Waals surface area contributed by atoms with Gasteiger partial charge in [-0.3, -0.25) is 9.59 Å². The van der Waals surface area contributed by atoms with Gasteiger partial charge < -0.3 is 9.47 Å². The number of halogens is 2. The number of carbonyl (C=O) groups excluding carboxylic acids is 2. The third-order valence-corrected chi connectivity index (χ3v) is 3.80. The van der Waals surface area contributed by atoms with E-state index in [1.165, 1.54) is 18.2 Å². The molecule has 2 rings (SSSR count). The van der Waals surface area contributed by atoms with Gasteiger partial charge in [-0.2, -0.15) is 0 Å². The van der Waals surface area contributed by atoms with Gasteiger partial charge in [-0.05, 0) is 31.0 Å². The number of Topliss-reactive ketones (excluding diaryl/α,β-unsaturated/α-hetero) is 1. The van der Waals surface area contributed by atoms with Crippen molar-refractivity contribution in [2.75, 3.05) is 19.8 Å². The number of rotatable bonds is 4. The molecule has 0 N–H and O–H groups in total. The van der Waals surface area contributed by atoms with Crippen LogP contribution in [0.1, 0.15) is 18.9 Å². The lowest BCUT2D eigenvalue weighted by Crippen LogP contribution is -2.49. The molecule has 0 aromatic heterocycles. The number of carbonyl (C=O) groups is 2. The first kappa shape index (κ1) is 15.9. The molecule has 0 radical (unpaired) electrons. The molecule has 6 heteroatoms. The maximum atomic E-state index is 13.2. The minimum absolute atomic E-state index is 0.0281. The van der Waals surface area contributed by atoms with E-state index in [2.05, 4.69) is 0 Å². The smallest absolute Gasteiger partial charge is 0.322 e. The standard InChI is InChI=1S/C15H16ClFO4/c1-2-21-14(19)15(9-20-6-5-13(15)18)8-10-3-4-12(17)11(16)7-10/h3-4,7H,2,5-6,8-9H2,1H3. The summed E-state index contributed by atoms with van der Waals surface area (Å²) in [6, 6.07) is 4.13. The zero-order valence-corrected chi connectivity index (χ0v) is 12.4. The highest BCUT2D eigenvalue weighted by atomic mass is 35.5. The summed E-state index contributed by atoms with van der Waals surface area (Å²) in [5, 5.41) is -0.0457. The molecule has 0 amide bonds. The van der Waals surface area contributed by atoms with Crippen LogP contribution in [0.4, 0.5) is 4.39 Å². The second kappa shape index (κ2) is 6.54. The lowest BCUT2D eigenvalue weighted by Gasteiger charge is -2.33. The monoisotopic (exact) mass is 314 g/mol. The molecule has 114 valence electrons.